The molecule has 0 bridgehead atoms. The summed E-state index contributed by atoms with van der Waals surface area (Å²) in [5, 5.41) is 3.50. The van der Waals surface area contributed by atoms with Crippen molar-refractivity contribution in [2.45, 2.75) is 33.9 Å². The zero-order valence-electron chi connectivity index (χ0n) is 13.2. The second-order valence-electron chi connectivity index (χ2n) is 5.85. The minimum Gasteiger partial charge on any atom is -0.489 e. The van der Waals surface area contributed by atoms with Crippen LogP contribution in [0.1, 0.15) is 30.5 Å². The Morgan fingerprint density at radius 3 is 2.33 bits per heavy atom. The van der Waals surface area contributed by atoms with E-state index in [1.54, 1.807) is 0 Å². The van der Waals surface area contributed by atoms with Crippen LogP contribution in [0.3, 0.4) is 0 Å². The highest BCUT2D eigenvalue weighted by atomic mass is 16.5. The minimum absolute atomic E-state index is 0.615. The second kappa shape index (κ2) is 7.84. The van der Waals surface area contributed by atoms with Crippen molar-refractivity contribution in [3.05, 3.63) is 65.2 Å². The van der Waals surface area contributed by atoms with Crippen molar-refractivity contribution in [1.29, 1.82) is 0 Å². The Hall–Kier alpha value is -1.80. The summed E-state index contributed by atoms with van der Waals surface area (Å²) in [6.07, 6.45) is 0. The maximum Gasteiger partial charge on any atom is 0.122 e. The summed E-state index contributed by atoms with van der Waals surface area (Å²) in [4.78, 5) is 0. The molecule has 2 heteroatoms. The molecule has 0 amide bonds. The SMILES string of the molecule is Cc1ccccc1OCc1ccccc1CNCC(C)C. The first-order valence-corrected chi connectivity index (χ1v) is 7.62. The molecule has 0 aliphatic carbocycles. The molecule has 2 aromatic rings. The molecule has 0 fully saturated rings. The minimum atomic E-state index is 0.615. The highest BCUT2D eigenvalue weighted by Gasteiger charge is 2.04. The summed E-state index contributed by atoms with van der Waals surface area (Å²) in [6.45, 7) is 9.06. The van der Waals surface area contributed by atoms with Gasteiger partial charge in [0, 0.05) is 6.54 Å². The quantitative estimate of drug-likeness (QED) is 0.817. The van der Waals surface area contributed by atoms with Crippen molar-refractivity contribution in [3.8, 4) is 5.75 Å². The Balaban J connectivity index is 1.98. The van der Waals surface area contributed by atoms with E-state index < -0.39 is 0 Å². The lowest BCUT2D eigenvalue weighted by atomic mass is 10.1. The molecular weight excluding hydrogens is 258 g/mol. The summed E-state index contributed by atoms with van der Waals surface area (Å²) < 4.78 is 5.96. The number of hydrogen-bond acceptors (Lipinski definition) is 2. The normalized spacial score (nSPS) is 10.9. The molecule has 112 valence electrons. The van der Waals surface area contributed by atoms with Crippen LogP contribution < -0.4 is 10.1 Å². The fourth-order valence-electron chi connectivity index (χ4n) is 2.24. The lowest BCUT2D eigenvalue weighted by molar-refractivity contribution is 0.302. The lowest BCUT2D eigenvalue weighted by Gasteiger charge is -2.14. The molecule has 0 unspecified atom stereocenters. The molecule has 2 aromatic carbocycles. The fourth-order valence-corrected chi connectivity index (χ4v) is 2.24. The summed E-state index contributed by atoms with van der Waals surface area (Å²) in [6, 6.07) is 16.6. The number of para-hydroxylation sites is 1. The molecule has 0 aromatic heterocycles. The molecule has 0 aliphatic rings. The van der Waals surface area contributed by atoms with Gasteiger partial charge in [-0.25, -0.2) is 0 Å². The van der Waals surface area contributed by atoms with Crippen molar-refractivity contribution < 1.29 is 4.74 Å². The average molecular weight is 283 g/mol. The van der Waals surface area contributed by atoms with E-state index in [1.165, 1.54) is 16.7 Å². The number of aryl methyl sites for hydroxylation is 1. The van der Waals surface area contributed by atoms with Crippen LogP contribution in [0, 0.1) is 12.8 Å². The zero-order chi connectivity index (χ0) is 15.1. The van der Waals surface area contributed by atoms with E-state index in [9.17, 15) is 0 Å². The van der Waals surface area contributed by atoms with Crippen LogP contribution in [0.4, 0.5) is 0 Å². The van der Waals surface area contributed by atoms with Crippen LogP contribution in [0.25, 0.3) is 0 Å². The lowest BCUT2D eigenvalue weighted by Crippen LogP contribution is -2.20. The van der Waals surface area contributed by atoms with Gasteiger partial charge in [-0.2, -0.15) is 0 Å². The van der Waals surface area contributed by atoms with Gasteiger partial charge in [-0.3, -0.25) is 0 Å². The molecule has 0 saturated heterocycles. The van der Waals surface area contributed by atoms with Gasteiger partial charge in [0.05, 0.1) is 0 Å². The van der Waals surface area contributed by atoms with Crippen molar-refractivity contribution in [2.24, 2.45) is 5.92 Å². The van der Waals surface area contributed by atoms with Crippen molar-refractivity contribution in [3.63, 3.8) is 0 Å². The summed E-state index contributed by atoms with van der Waals surface area (Å²) in [5.41, 5.74) is 3.73. The smallest absolute Gasteiger partial charge is 0.122 e. The van der Waals surface area contributed by atoms with E-state index in [0.29, 0.717) is 12.5 Å². The van der Waals surface area contributed by atoms with Gasteiger partial charge in [0.2, 0.25) is 0 Å². The van der Waals surface area contributed by atoms with Crippen LogP contribution in [0.15, 0.2) is 48.5 Å². The van der Waals surface area contributed by atoms with E-state index in [1.807, 2.05) is 18.2 Å². The fraction of sp³-hybridized carbons (Fsp3) is 0.368. The van der Waals surface area contributed by atoms with Crippen LogP contribution >= 0.6 is 0 Å². The molecule has 1 N–H and O–H groups in total. The zero-order valence-corrected chi connectivity index (χ0v) is 13.2. The van der Waals surface area contributed by atoms with Crippen molar-refractivity contribution in [1.82, 2.24) is 5.32 Å². The Morgan fingerprint density at radius 1 is 0.952 bits per heavy atom. The molecule has 0 aliphatic heterocycles. The number of nitrogens with one attached hydrogen (secondary N) is 1. The summed E-state index contributed by atoms with van der Waals surface area (Å²) in [5.74, 6) is 1.63. The van der Waals surface area contributed by atoms with Crippen LogP contribution in [0.2, 0.25) is 0 Å². The first-order chi connectivity index (χ1) is 10.2. The van der Waals surface area contributed by atoms with Crippen LogP contribution in [0.5, 0.6) is 5.75 Å². The molecule has 21 heavy (non-hydrogen) atoms. The van der Waals surface area contributed by atoms with E-state index >= 15 is 0 Å². The van der Waals surface area contributed by atoms with Gasteiger partial charge in [-0.1, -0.05) is 56.3 Å². The molecule has 2 nitrogen and oxygen atoms in total. The number of benzene rings is 2. The van der Waals surface area contributed by atoms with Gasteiger partial charge < -0.3 is 10.1 Å². The van der Waals surface area contributed by atoms with Crippen molar-refractivity contribution in [2.75, 3.05) is 6.54 Å². The molecular formula is C19H25NO. The maximum absolute atomic E-state index is 5.96. The predicted molar refractivity (Wildman–Crippen MR) is 88.5 cm³/mol. The topological polar surface area (TPSA) is 21.3 Å². The monoisotopic (exact) mass is 283 g/mol. The first kappa shape index (κ1) is 15.6. The van der Waals surface area contributed by atoms with Gasteiger partial charge in [-0.05, 0) is 42.1 Å². The highest BCUT2D eigenvalue weighted by molar-refractivity contribution is 5.33. The highest BCUT2D eigenvalue weighted by Crippen LogP contribution is 2.19. The van der Waals surface area contributed by atoms with Crippen molar-refractivity contribution >= 4 is 0 Å². The van der Waals surface area contributed by atoms with Gasteiger partial charge in [0.15, 0.2) is 0 Å². The van der Waals surface area contributed by atoms with Gasteiger partial charge >= 0.3 is 0 Å². The van der Waals surface area contributed by atoms with E-state index in [4.69, 9.17) is 4.74 Å². The molecule has 0 radical (unpaired) electrons. The predicted octanol–water partition coefficient (Wildman–Crippen LogP) is 4.32. The Labute approximate surface area is 128 Å². The van der Waals surface area contributed by atoms with E-state index in [0.717, 1.165) is 18.8 Å². The number of ether oxygens (including phenoxy) is 1. The van der Waals surface area contributed by atoms with E-state index in [-0.39, 0.29) is 0 Å². The Bertz CT molecular complexity index is 563. The van der Waals surface area contributed by atoms with E-state index in [2.05, 4.69) is 56.4 Å². The van der Waals surface area contributed by atoms with Crippen LogP contribution in [-0.4, -0.2) is 6.54 Å². The maximum atomic E-state index is 5.96. The third-order valence-corrected chi connectivity index (χ3v) is 3.46. The third-order valence-electron chi connectivity index (χ3n) is 3.46. The van der Waals surface area contributed by atoms with Gasteiger partial charge in [0.25, 0.3) is 0 Å². The van der Waals surface area contributed by atoms with Crippen LogP contribution in [-0.2, 0) is 13.2 Å². The summed E-state index contributed by atoms with van der Waals surface area (Å²) in [7, 11) is 0. The molecule has 2 rings (SSSR count). The summed E-state index contributed by atoms with van der Waals surface area (Å²) >= 11 is 0. The second-order valence-corrected chi connectivity index (χ2v) is 5.85. The molecule has 0 spiro atoms. The average Bonchev–Trinajstić information content (AvgIpc) is 2.47. The molecule has 0 saturated carbocycles. The molecule has 0 atom stereocenters. The first-order valence-electron chi connectivity index (χ1n) is 7.62. The van der Waals surface area contributed by atoms with Gasteiger partial charge in [-0.15, -0.1) is 0 Å². The van der Waals surface area contributed by atoms with Gasteiger partial charge in [0.1, 0.15) is 12.4 Å². The Morgan fingerprint density at radius 2 is 1.62 bits per heavy atom. The third kappa shape index (κ3) is 4.91. The number of hydrogen-bond donors (Lipinski definition) is 1. The largest absolute Gasteiger partial charge is 0.489 e. The number of rotatable bonds is 7. The standard InChI is InChI=1S/C19H25NO/c1-15(2)12-20-13-17-9-5-6-10-18(17)14-21-19-11-7-4-8-16(19)3/h4-11,15,20H,12-14H2,1-3H3. The Kier molecular flexibility index (Phi) is 5.82. The molecule has 0 heterocycles.